The van der Waals surface area contributed by atoms with E-state index in [1.165, 1.54) is 16.4 Å². The van der Waals surface area contributed by atoms with Crippen LogP contribution in [-0.2, 0) is 10.0 Å². The molecule has 1 atom stereocenters. The molecule has 2 heterocycles. The molecule has 0 amide bonds. The van der Waals surface area contributed by atoms with Gasteiger partial charge >= 0.3 is 0 Å². The van der Waals surface area contributed by atoms with Crippen molar-refractivity contribution in [2.45, 2.75) is 37.7 Å². The standard InChI is InChI=1S/C17H20N4O5S/c1-12-5-7-14(21(22)23)10-16(12)27(24,25)20-9-3-4-15(11-20)26-17-8-6-13(2)18-19-17/h5-8,10,15H,3-4,9,11H2,1-2H3. The number of nitro groups is 1. The third-order valence-corrected chi connectivity index (χ3v) is 6.41. The maximum atomic E-state index is 13.0. The number of hydrogen-bond donors (Lipinski definition) is 0. The van der Waals surface area contributed by atoms with Crippen LogP contribution in [0.2, 0.25) is 0 Å². The molecule has 1 aliphatic rings. The van der Waals surface area contributed by atoms with E-state index in [1.54, 1.807) is 19.1 Å². The number of nitrogens with zero attached hydrogens (tertiary/aromatic N) is 4. The van der Waals surface area contributed by atoms with Crippen LogP contribution in [-0.4, -0.2) is 47.0 Å². The number of hydrogen-bond acceptors (Lipinski definition) is 7. The highest BCUT2D eigenvalue weighted by molar-refractivity contribution is 7.89. The second-order valence-corrected chi connectivity index (χ2v) is 8.37. The molecule has 144 valence electrons. The zero-order chi connectivity index (χ0) is 19.6. The van der Waals surface area contributed by atoms with Crippen LogP contribution in [0.5, 0.6) is 5.88 Å². The average Bonchev–Trinajstić information content (AvgIpc) is 2.64. The van der Waals surface area contributed by atoms with E-state index in [4.69, 9.17) is 4.74 Å². The number of aromatic nitrogens is 2. The second kappa shape index (κ2) is 7.57. The van der Waals surface area contributed by atoms with Crippen molar-refractivity contribution >= 4 is 15.7 Å². The van der Waals surface area contributed by atoms with Crippen molar-refractivity contribution in [3.8, 4) is 5.88 Å². The number of nitro benzene ring substituents is 1. The molecular weight excluding hydrogens is 372 g/mol. The molecular formula is C17H20N4O5S. The number of sulfonamides is 1. The third-order valence-electron chi connectivity index (χ3n) is 4.40. The molecule has 10 heteroatoms. The predicted molar refractivity (Wildman–Crippen MR) is 97.0 cm³/mol. The maximum Gasteiger partial charge on any atom is 0.270 e. The molecule has 0 aliphatic carbocycles. The molecule has 9 nitrogen and oxygen atoms in total. The van der Waals surface area contributed by atoms with Gasteiger partial charge in [-0.25, -0.2) is 8.42 Å². The Balaban J connectivity index is 1.81. The van der Waals surface area contributed by atoms with Crippen LogP contribution < -0.4 is 4.74 Å². The molecule has 0 saturated carbocycles. The zero-order valence-corrected chi connectivity index (χ0v) is 15.8. The van der Waals surface area contributed by atoms with E-state index in [9.17, 15) is 18.5 Å². The van der Waals surface area contributed by atoms with Crippen molar-refractivity contribution in [3.63, 3.8) is 0 Å². The van der Waals surface area contributed by atoms with Gasteiger partial charge in [-0.3, -0.25) is 10.1 Å². The van der Waals surface area contributed by atoms with Crippen molar-refractivity contribution < 1.29 is 18.1 Å². The van der Waals surface area contributed by atoms with E-state index >= 15 is 0 Å². The lowest BCUT2D eigenvalue weighted by Gasteiger charge is -2.32. The second-order valence-electron chi connectivity index (χ2n) is 6.47. The first-order chi connectivity index (χ1) is 12.8. The third kappa shape index (κ3) is 4.22. The van der Waals surface area contributed by atoms with E-state index in [0.717, 1.165) is 11.8 Å². The van der Waals surface area contributed by atoms with Gasteiger partial charge in [0.05, 0.1) is 22.1 Å². The van der Waals surface area contributed by atoms with Gasteiger partial charge in [0.25, 0.3) is 5.69 Å². The Morgan fingerprint density at radius 2 is 2.00 bits per heavy atom. The summed E-state index contributed by atoms with van der Waals surface area (Å²) >= 11 is 0. The van der Waals surface area contributed by atoms with E-state index in [1.807, 2.05) is 6.92 Å². The van der Waals surface area contributed by atoms with E-state index in [0.29, 0.717) is 30.8 Å². The fourth-order valence-electron chi connectivity index (χ4n) is 2.96. The number of piperidine rings is 1. The van der Waals surface area contributed by atoms with Crippen LogP contribution in [0.4, 0.5) is 5.69 Å². The first-order valence-electron chi connectivity index (χ1n) is 8.49. The summed E-state index contributed by atoms with van der Waals surface area (Å²) in [5.74, 6) is 0.344. The molecule has 1 unspecified atom stereocenters. The molecule has 2 aromatic rings. The van der Waals surface area contributed by atoms with E-state index < -0.39 is 14.9 Å². The highest BCUT2D eigenvalue weighted by Gasteiger charge is 2.33. The molecule has 0 radical (unpaired) electrons. The quantitative estimate of drug-likeness (QED) is 0.566. The number of benzene rings is 1. The molecule has 3 rings (SSSR count). The first-order valence-corrected chi connectivity index (χ1v) is 9.93. The Morgan fingerprint density at radius 3 is 2.67 bits per heavy atom. The predicted octanol–water partition coefficient (Wildman–Crippen LogP) is 2.23. The number of non-ortho nitro benzene ring substituents is 1. The van der Waals surface area contributed by atoms with Crippen LogP contribution in [0.3, 0.4) is 0 Å². The molecule has 0 N–H and O–H groups in total. The van der Waals surface area contributed by atoms with Gasteiger partial charge in [-0.15, -0.1) is 5.10 Å². The Bertz CT molecular complexity index is 946. The van der Waals surface area contributed by atoms with E-state index in [2.05, 4.69) is 10.2 Å². The average molecular weight is 392 g/mol. The van der Waals surface area contributed by atoms with Crippen LogP contribution in [0.1, 0.15) is 24.1 Å². The minimum atomic E-state index is -3.87. The topological polar surface area (TPSA) is 116 Å². The lowest BCUT2D eigenvalue weighted by atomic mass is 10.1. The van der Waals surface area contributed by atoms with Crippen molar-refractivity contribution in [1.29, 1.82) is 0 Å². The molecule has 0 bridgehead atoms. The summed E-state index contributed by atoms with van der Waals surface area (Å²) in [4.78, 5) is 10.4. The van der Waals surface area contributed by atoms with E-state index in [-0.39, 0.29) is 23.2 Å². The van der Waals surface area contributed by atoms with Crippen LogP contribution in [0.25, 0.3) is 0 Å². The molecule has 0 spiro atoms. The minimum Gasteiger partial charge on any atom is -0.472 e. The van der Waals surface area contributed by atoms with Gasteiger partial charge in [0, 0.05) is 24.7 Å². The summed E-state index contributed by atoms with van der Waals surface area (Å²) in [5.41, 5.74) is 0.975. The summed E-state index contributed by atoms with van der Waals surface area (Å²) in [6, 6.07) is 7.32. The summed E-state index contributed by atoms with van der Waals surface area (Å²) in [7, 11) is -3.87. The molecule has 1 aromatic carbocycles. The molecule has 27 heavy (non-hydrogen) atoms. The minimum absolute atomic E-state index is 0.0486. The summed E-state index contributed by atoms with van der Waals surface area (Å²) in [6.07, 6.45) is 0.955. The Kier molecular flexibility index (Phi) is 5.38. The fourth-order valence-corrected chi connectivity index (χ4v) is 4.71. The van der Waals surface area contributed by atoms with Crippen molar-refractivity contribution in [3.05, 3.63) is 51.7 Å². The van der Waals surface area contributed by atoms with Gasteiger partial charge < -0.3 is 4.74 Å². The molecule has 1 saturated heterocycles. The number of aryl methyl sites for hydroxylation is 2. The van der Waals surface area contributed by atoms with Gasteiger partial charge in [0.15, 0.2) is 0 Å². The lowest BCUT2D eigenvalue weighted by Crippen LogP contribution is -2.44. The highest BCUT2D eigenvalue weighted by atomic mass is 32.2. The Morgan fingerprint density at radius 1 is 1.22 bits per heavy atom. The molecule has 1 aliphatic heterocycles. The van der Waals surface area contributed by atoms with Gasteiger partial charge in [-0.2, -0.15) is 9.40 Å². The van der Waals surface area contributed by atoms with Crippen molar-refractivity contribution in [2.24, 2.45) is 0 Å². The van der Waals surface area contributed by atoms with Gasteiger partial charge in [0.1, 0.15) is 6.10 Å². The summed E-state index contributed by atoms with van der Waals surface area (Å²) in [5, 5.41) is 18.9. The van der Waals surface area contributed by atoms with Crippen LogP contribution in [0.15, 0.2) is 35.2 Å². The van der Waals surface area contributed by atoms with Crippen molar-refractivity contribution in [2.75, 3.05) is 13.1 Å². The fraction of sp³-hybridized carbons (Fsp3) is 0.412. The zero-order valence-electron chi connectivity index (χ0n) is 15.0. The van der Waals surface area contributed by atoms with Crippen LogP contribution in [0, 0.1) is 24.0 Å². The lowest BCUT2D eigenvalue weighted by molar-refractivity contribution is -0.385. The Labute approximate surface area is 157 Å². The molecule has 1 fully saturated rings. The van der Waals surface area contributed by atoms with Crippen molar-refractivity contribution in [1.82, 2.24) is 14.5 Å². The largest absolute Gasteiger partial charge is 0.472 e. The Hall–Kier alpha value is -2.59. The monoisotopic (exact) mass is 392 g/mol. The SMILES string of the molecule is Cc1ccc(OC2CCCN(S(=O)(=O)c3cc([N+](=O)[O-])ccc3C)C2)nn1. The van der Waals surface area contributed by atoms with Gasteiger partial charge in [-0.1, -0.05) is 6.07 Å². The molecule has 1 aromatic heterocycles. The number of rotatable bonds is 5. The summed E-state index contributed by atoms with van der Waals surface area (Å²) in [6.45, 7) is 3.92. The van der Waals surface area contributed by atoms with Crippen LogP contribution >= 0.6 is 0 Å². The highest BCUT2D eigenvalue weighted by Crippen LogP contribution is 2.27. The number of ether oxygens (including phenoxy) is 1. The maximum absolute atomic E-state index is 13.0. The normalized spacial score (nSPS) is 18.2. The summed E-state index contributed by atoms with van der Waals surface area (Å²) < 4.78 is 33.2. The van der Waals surface area contributed by atoms with Gasteiger partial charge in [0.2, 0.25) is 15.9 Å². The smallest absolute Gasteiger partial charge is 0.270 e. The van der Waals surface area contributed by atoms with Gasteiger partial charge in [-0.05, 0) is 38.3 Å². The first kappa shape index (κ1) is 19.2.